The van der Waals surface area contributed by atoms with Gasteiger partial charge in [-0.25, -0.2) is 0 Å². The van der Waals surface area contributed by atoms with E-state index in [1.807, 2.05) is 11.8 Å². The van der Waals surface area contributed by atoms with E-state index in [0.717, 1.165) is 44.4 Å². The predicted octanol–water partition coefficient (Wildman–Crippen LogP) is 2.86. The average molecular weight is 272 g/mol. The number of thioether (sulfide) groups is 1. The Morgan fingerprint density at radius 2 is 2.06 bits per heavy atom. The van der Waals surface area contributed by atoms with Crippen molar-refractivity contribution in [2.24, 2.45) is 0 Å². The molecule has 1 saturated heterocycles. The molecule has 1 fully saturated rings. The standard InChI is InChI=1S/C14H28N2OS/c1-4-7-9-12-14(17)16(13(5-2)15-12)10-8-11-18-6-3/h12-13,15H,4-11H2,1-3H3. The molecule has 1 heterocycles. The maximum atomic E-state index is 12.3. The monoisotopic (exact) mass is 272 g/mol. The quantitative estimate of drug-likeness (QED) is 0.655. The molecule has 18 heavy (non-hydrogen) atoms. The van der Waals surface area contributed by atoms with Crippen LogP contribution in [0.3, 0.4) is 0 Å². The molecule has 0 saturated carbocycles. The third-order valence-electron chi connectivity index (χ3n) is 3.48. The smallest absolute Gasteiger partial charge is 0.241 e. The van der Waals surface area contributed by atoms with Crippen LogP contribution in [0, 0.1) is 0 Å². The second kappa shape index (κ2) is 8.81. The summed E-state index contributed by atoms with van der Waals surface area (Å²) in [6.45, 7) is 7.43. The lowest BCUT2D eigenvalue weighted by atomic mass is 10.1. The van der Waals surface area contributed by atoms with Gasteiger partial charge in [0.15, 0.2) is 0 Å². The predicted molar refractivity (Wildman–Crippen MR) is 79.9 cm³/mol. The van der Waals surface area contributed by atoms with Crippen LogP contribution in [0.25, 0.3) is 0 Å². The molecule has 0 aliphatic carbocycles. The lowest BCUT2D eigenvalue weighted by Gasteiger charge is -2.22. The van der Waals surface area contributed by atoms with Gasteiger partial charge in [-0.2, -0.15) is 11.8 Å². The van der Waals surface area contributed by atoms with E-state index >= 15 is 0 Å². The fourth-order valence-electron chi connectivity index (χ4n) is 2.45. The van der Waals surface area contributed by atoms with Gasteiger partial charge >= 0.3 is 0 Å². The van der Waals surface area contributed by atoms with Crippen LogP contribution in [0.15, 0.2) is 0 Å². The maximum absolute atomic E-state index is 12.3. The highest BCUT2D eigenvalue weighted by molar-refractivity contribution is 7.99. The number of unbranched alkanes of at least 4 members (excludes halogenated alkanes) is 1. The Balaban J connectivity index is 2.41. The largest absolute Gasteiger partial charge is 0.326 e. The summed E-state index contributed by atoms with van der Waals surface area (Å²) in [4.78, 5) is 14.4. The summed E-state index contributed by atoms with van der Waals surface area (Å²) < 4.78 is 0. The van der Waals surface area contributed by atoms with Crippen LogP contribution in [0.5, 0.6) is 0 Å². The Morgan fingerprint density at radius 3 is 2.67 bits per heavy atom. The molecule has 1 aliphatic heterocycles. The molecule has 0 aromatic rings. The molecule has 0 bridgehead atoms. The van der Waals surface area contributed by atoms with E-state index in [-0.39, 0.29) is 12.2 Å². The zero-order valence-electron chi connectivity index (χ0n) is 12.1. The van der Waals surface area contributed by atoms with Gasteiger partial charge < -0.3 is 4.90 Å². The van der Waals surface area contributed by atoms with Crippen molar-refractivity contribution in [1.29, 1.82) is 0 Å². The summed E-state index contributed by atoms with van der Waals surface area (Å²) in [7, 11) is 0. The van der Waals surface area contributed by atoms with E-state index < -0.39 is 0 Å². The summed E-state index contributed by atoms with van der Waals surface area (Å²) in [5, 5.41) is 3.49. The minimum atomic E-state index is 0.0775. The highest BCUT2D eigenvalue weighted by Crippen LogP contribution is 2.18. The van der Waals surface area contributed by atoms with Crippen LogP contribution < -0.4 is 5.32 Å². The summed E-state index contributed by atoms with van der Waals surface area (Å²) >= 11 is 1.96. The van der Waals surface area contributed by atoms with Crippen molar-refractivity contribution in [3.05, 3.63) is 0 Å². The van der Waals surface area contributed by atoms with Crippen molar-refractivity contribution in [1.82, 2.24) is 10.2 Å². The SMILES string of the molecule is CCCCC1NC(CC)N(CCCSCC)C1=O. The summed E-state index contributed by atoms with van der Waals surface area (Å²) in [6.07, 6.45) is 5.69. The number of nitrogens with one attached hydrogen (secondary N) is 1. The van der Waals surface area contributed by atoms with Crippen molar-refractivity contribution in [2.45, 2.75) is 65.1 Å². The van der Waals surface area contributed by atoms with E-state index in [2.05, 4.69) is 31.0 Å². The molecule has 1 N–H and O–H groups in total. The minimum Gasteiger partial charge on any atom is -0.326 e. The Hall–Kier alpha value is -0.220. The topological polar surface area (TPSA) is 32.3 Å². The molecule has 1 amide bonds. The van der Waals surface area contributed by atoms with Crippen molar-refractivity contribution in [3.63, 3.8) is 0 Å². The lowest BCUT2D eigenvalue weighted by molar-refractivity contribution is -0.130. The molecule has 106 valence electrons. The van der Waals surface area contributed by atoms with Crippen LogP contribution in [-0.4, -0.2) is 41.1 Å². The second-order valence-electron chi connectivity index (χ2n) is 4.87. The molecule has 0 aromatic carbocycles. The second-order valence-corrected chi connectivity index (χ2v) is 6.26. The molecule has 3 nitrogen and oxygen atoms in total. The summed E-state index contributed by atoms with van der Waals surface area (Å²) in [5.41, 5.74) is 0. The van der Waals surface area contributed by atoms with Gasteiger partial charge in [0.05, 0.1) is 12.2 Å². The molecule has 2 unspecified atom stereocenters. The third kappa shape index (κ3) is 4.47. The Kier molecular flexibility index (Phi) is 7.75. The number of hydrogen-bond acceptors (Lipinski definition) is 3. The first-order valence-electron chi connectivity index (χ1n) is 7.38. The van der Waals surface area contributed by atoms with Gasteiger partial charge in [0, 0.05) is 6.54 Å². The Morgan fingerprint density at radius 1 is 1.28 bits per heavy atom. The summed E-state index contributed by atoms with van der Waals surface area (Å²) in [6, 6.07) is 0.0775. The highest BCUT2D eigenvalue weighted by Gasteiger charge is 2.36. The van der Waals surface area contributed by atoms with E-state index in [0.29, 0.717) is 5.91 Å². The molecule has 0 spiro atoms. The maximum Gasteiger partial charge on any atom is 0.241 e. The van der Waals surface area contributed by atoms with Crippen molar-refractivity contribution >= 4 is 17.7 Å². The number of rotatable bonds is 9. The number of amides is 1. The van der Waals surface area contributed by atoms with Crippen LogP contribution in [-0.2, 0) is 4.79 Å². The number of carbonyl (C=O) groups is 1. The molecule has 1 aliphatic rings. The third-order valence-corrected chi connectivity index (χ3v) is 4.46. The fraction of sp³-hybridized carbons (Fsp3) is 0.929. The molecule has 0 radical (unpaired) electrons. The number of carbonyl (C=O) groups excluding carboxylic acids is 1. The van der Waals surface area contributed by atoms with Crippen molar-refractivity contribution in [3.8, 4) is 0 Å². The van der Waals surface area contributed by atoms with E-state index in [4.69, 9.17) is 0 Å². The zero-order valence-corrected chi connectivity index (χ0v) is 12.9. The minimum absolute atomic E-state index is 0.0775. The zero-order chi connectivity index (χ0) is 13.4. The first-order chi connectivity index (χ1) is 8.74. The van der Waals surface area contributed by atoms with Crippen molar-refractivity contribution in [2.75, 3.05) is 18.1 Å². The number of nitrogens with zero attached hydrogens (tertiary/aromatic N) is 1. The first-order valence-corrected chi connectivity index (χ1v) is 8.54. The molecule has 1 rings (SSSR count). The van der Waals surface area contributed by atoms with Gasteiger partial charge in [0.2, 0.25) is 5.91 Å². The molecule has 4 heteroatoms. The Labute approximate surface area is 116 Å². The van der Waals surface area contributed by atoms with Crippen LogP contribution in [0.2, 0.25) is 0 Å². The van der Waals surface area contributed by atoms with Gasteiger partial charge in [0.25, 0.3) is 0 Å². The molecule has 0 aromatic heterocycles. The van der Waals surface area contributed by atoms with Crippen molar-refractivity contribution < 1.29 is 4.79 Å². The normalized spacial score (nSPS) is 23.9. The molecule has 2 atom stereocenters. The highest BCUT2D eigenvalue weighted by atomic mass is 32.2. The summed E-state index contributed by atoms with van der Waals surface area (Å²) in [5.74, 6) is 2.66. The van der Waals surface area contributed by atoms with Crippen LogP contribution >= 0.6 is 11.8 Å². The Bertz CT molecular complexity index is 248. The van der Waals surface area contributed by atoms with Gasteiger partial charge in [-0.3, -0.25) is 10.1 Å². The van der Waals surface area contributed by atoms with Crippen LogP contribution in [0.4, 0.5) is 0 Å². The van der Waals surface area contributed by atoms with E-state index in [1.165, 1.54) is 5.75 Å². The lowest BCUT2D eigenvalue weighted by Crippen LogP contribution is -2.37. The van der Waals surface area contributed by atoms with Crippen LogP contribution in [0.1, 0.15) is 52.9 Å². The van der Waals surface area contributed by atoms with Gasteiger partial charge in [-0.1, -0.05) is 33.6 Å². The molecular weight excluding hydrogens is 244 g/mol. The van der Waals surface area contributed by atoms with Gasteiger partial charge in [-0.05, 0) is 30.8 Å². The average Bonchev–Trinajstić information content (AvgIpc) is 2.69. The number of hydrogen-bond donors (Lipinski definition) is 1. The van der Waals surface area contributed by atoms with E-state index in [9.17, 15) is 4.79 Å². The molecular formula is C14H28N2OS. The van der Waals surface area contributed by atoms with E-state index in [1.54, 1.807) is 0 Å². The van der Waals surface area contributed by atoms with Gasteiger partial charge in [0.1, 0.15) is 0 Å². The fourth-order valence-corrected chi connectivity index (χ4v) is 3.07. The first kappa shape index (κ1) is 15.8. The van der Waals surface area contributed by atoms with Gasteiger partial charge in [-0.15, -0.1) is 0 Å².